The maximum atomic E-state index is 12.9. The van der Waals surface area contributed by atoms with Crippen molar-refractivity contribution in [1.29, 1.82) is 0 Å². The molecule has 0 radical (unpaired) electrons. The summed E-state index contributed by atoms with van der Waals surface area (Å²) in [6, 6.07) is 8.20. The lowest BCUT2D eigenvalue weighted by Gasteiger charge is -2.29. The molecule has 6 heteroatoms. The average molecular weight is 393 g/mol. The van der Waals surface area contributed by atoms with E-state index >= 15 is 0 Å². The molecule has 0 saturated heterocycles. The Balaban J connectivity index is 1.47. The predicted octanol–water partition coefficient (Wildman–Crippen LogP) is 3.57. The van der Waals surface area contributed by atoms with Gasteiger partial charge in [-0.25, -0.2) is 9.50 Å². The third-order valence-corrected chi connectivity index (χ3v) is 5.73. The highest BCUT2D eigenvalue weighted by Crippen LogP contribution is 2.25. The second kappa shape index (κ2) is 7.85. The van der Waals surface area contributed by atoms with E-state index in [-0.39, 0.29) is 5.91 Å². The van der Waals surface area contributed by atoms with Gasteiger partial charge in [0.1, 0.15) is 5.75 Å². The monoisotopic (exact) mass is 392 g/mol. The average Bonchev–Trinajstić information content (AvgIpc) is 3.07. The molecule has 0 bridgehead atoms. The van der Waals surface area contributed by atoms with Gasteiger partial charge in [0.15, 0.2) is 5.65 Å². The molecule has 4 rings (SSSR count). The largest absolute Gasteiger partial charge is 0.494 e. The molecule has 29 heavy (non-hydrogen) atoms. The van der Waals surface area contributed by atoms with Crippen LogP contribution in [0.5, 0.6) is 5.75 Å². The maximum absolute atomic E-state index is 12.9. The lowest BCUT2D eigenvalue weighted by Crippen LogP contribution is -2.36. The fourth-order valence-corrected chi connectivity index (χ4v) is 4.20. The zero-order valence-corrected chi connectivity index (χ0v) is 17.7. The molecule has 2 aromatic heterocycles. The third-order valence-electron chi connectivity index (χ3n) is 5.73. The summed E-state index contributed by atoms with van der Waals surface area (Å²) in [5, 5.41) is 4.53. The molecule has 152 valence electrons. The Morgan fingerprint density at radius 3 is 2.79 bits per heavy atom. The van der Waals surface area contributed by atoms with Crippen molar-refractivity contribution in [3.05, 3.63) is 58.0 Å². The predicted molar refractivity (Wildman–Crippen MR) is 112 cm³/mol. The number of ether oxygens (including phenoxy) is 1. The zero-order valence-electron chi connectivity index (χ0n) is 17.7. The normalized spacial score (nSPS) is 13.6. The van der Waals surface area contributed by atoms with Crippen LogP contribution in [0.25, 0.3) is 5.65 Å². The van der Waals surface area contributed by atoms with Crippen LogP contribution in [0.1, 0.15) is 47.1 Å². The highest BCUT2D eigenvalue weighted by molar-refractivity contribution is 5.77. The summed E-state index contributed by atoms with van der Waals surface area (Å²) < 4.78 is 7.50. The van der Waals surface area contributed by atoms with Crippen LogP contribution in [0.15, 0.2) is 24.3 Å². The molecule has 1 amide bonds. The minimum atomic E-state index is 0.188. The summed E-state index contributed by atoms with van der Waals surface area (Å²) in [5.41, 5.74) is 7.49. The minimum absolute atomic E-state index is 0.188. The van der Waals surface area contributed by atoms with Crippen molar-refractivity contribution < 1.29 is 9.53 Å². The van der Waals surface area contributed by atoms with Crippen LogP contribution >= 0.6 is 0 Å². The number of carbonyl (C=O) groups excluding carboxylic acids is 1. The first-order valence-electron chi connectivity index (χ1n) is 10.3. The van der Waals surface area contributed by atoms with Crippen molar-refractivity contribution in [3.63, 3.8) is 0 Å². The van der Waals surface area contributed by atoms with Crippen molar-refractivity contribution in [2.75, 3.05) is 13.2 Å². The van der Waals surface area contributed by atoms with Crippen molar-refractivity contribution in [3.8, 4) is 5.75 Å². The number of carbonyl (C=O) groups is 1. The molecule has 1 aliphatic rings. The highest BCUT2D eigenvalue weighted by Gasteiger charge is 2.22. The quantitative estimate of drug-likeness (QED) is 0.666. The van der Waals surface area contributed by atoms with Crippen LogP contribution in [-0.2, 0) is 24.2 Å². The topological polar surface area (TPSA) is 59.7 Å². The summed E-state index contributed by atoms with van der Waals surface area (Å²) in [6.45, 7) is 10.1. The number of benzene rings is 1. The van der Waals surface area contributed by atoms with E-state index in [0.717, 1.165) is 47.0 Å². The highest BCUT2D eigenvalue weighted by atomic mass is 16.5. The van der Waals surface area contributed by atoms with Crippen LogP contribution in [0.3, 0.4) is 0 Å². The maximum Gasteiger partial charge on any atom is 0.223 e. The molecule has 0 atom stereocenters. The SMILES string of the molecule is CCOc1ccc2c(c1)CN(C(=O)CCc1c(C)nc3cc(C)nn3c1C)CC2. The molecular weight excluding hydrogens is 364 g/mol. The fourth-order valence-electron chi connectivity index (χ4n) is 4.20. The van der Waals surface area contributed by atoms with E-state index < -0.39 is 0 Å². The summed E-state index contributed by atoms with van der Waals surface area (Å²) in [7, 11) is 0. The van der Waals surface area contributed by atoms with E-state index in [1.54, 1.807) is 0 Å². The number of fused-ring (bicyclic) bond motifs is 2. The molecule has 0 unspecified atom stereocenters. The van der Waals surface area contributed by atoms with Gasteiger partial charge in [0, 0.05) is 37.0 Å². The van der Waals surface area contributed by atoms with Crippen LogP contribution < -0.4 is 4.74 Å². The number of nitrogens with zero attached hydrogens (tertiary/aromatic N) is 4. The fraction of sp³-hybridized carbons (Fsp3) is 0.435. The number of aromatic nitrogens is 3. The molecule has 0 saturated carbocycles. The van der Waals surface area contributed by atoms with Crippen molar-refractivity contribution in [1.82, 2.24) is 19.5 Å². The molecule has 1 aromatic carbocycles. The van der Waals surface area contributed by atoms with E-state index in [0.29, 0.717) is 26.0 Å². The lowest BCUT2D eigenvalue weighted by molar-refractivity contribution is -0.132. The molecule has 1 aliphatic heterocycles. The second-order valence-corrected chi connectivity index (χ2v) is 7.75. The molecule has 0 spiro atoms. The minimum Gasteiger partial charge on any atom is -0.494 e. The molecule has 0 aliphatic carbocycles. The molecule has 3 heterocycles. The van der Waals surface area contributed by atoms with E-state index in [4.69, 9.17) is 4.74 Å². The van der Waals surface area contributed by atoms with Crippen molar-refractivity contribution >= 4 is 11.6 Å². The molecule has 3 aromatic rings. The second-order valence-electron chi connectivity index (χ2n) is 7.75. The van der Waals surface area contributed by atoms with Gasteiger partial charge < -0.3 is 9.64 Å². The van der Waals surface area contributed by atoms with Gasteiger partial charge in [0.05, 0.1) is 12.3 Å². The number of hydrogen-bond donors (Lipinski definition) is 0. The molecule has 0 N–H and O–H groups in total. The molecular formula is C23H28N4O2. The van der Waals surface area contributed by atoms with Gasteiger partial charge in [0.25, 0.3) is 0 Å². The Labute approximate surface area is 171 Å². The Morgan fingerprint density at radius 1 is 1.17 bits per heavy atom. The smallest absolute Gasteiger partial charge is 0.223 e. The van der Waals surface area contributed by atoms with Crippen LogP contribution in [-0.4, -0.2) is 38.6 Å². The summed E-state index contributed by atoms with van der Waals surface area (Å²) in [6.07, 6.45) is 2.06. The Morgan fingerprint density at radius 2 is 2.00 bits per heavy atom. The first kappa shape index (κ1) is 19.4. The third kappa shape index (κ3) is 3.84. The Kier molecular flexibility index (Phi) is 5.26. The van der Waals surface area contributed by atoms with Crippen molar-refractivity contribution in [2.24, 2.45) is 0 Å². The zero-order chi connectivity index (χ0) is 20.5. The van der Waals surface area contributed by atoms with E-state index in [2.05, 4.69) is 29.1 Å². The van der Waals surface area contributed by atoms with Crippen LogP contribution in [0, 0.1) is 20.8 Å². The van der Waals surface area contributed by atoms with Crippen molar-refractivity contribution in [2.45, 2.75) is 53.5 Å². The van der Waals surface area contributed by atoms with Gasteiger partial charge in [-0.15, -0.1) is 0 Å². The van der Waals surface area contributed by atoms with Gasteiger partial charge in [-0.05, 0) is 69.4 Å². The first-order chi connectivity index (χ1) is 14.0. The van der Waals surface area contributed by atoms with E-state index in [1.165, 1.54) is 11.1 Å². The number of aryl methyl sites for hydroxylation is 3. The van der Waals surface area contributed by atoms with Crippen LogP contribution in [0.4, 0.5) is 0 Å². The van der Waals surface area contributed by atoms with Gasteiger partial charge in [0.2, 0.25) is 5.91 Å². The summed E-state index contributed by atoms with van der Waals surface area (Å²) >= 11 is 0. The van der Waals surface area contributed by atoms with Gasteiger partial charge in [-0.3, -0.25) is 4.79 Å². The van der Waals surface area contributed by atoms with Gasteiger partial charge >= 0.3 is 0 Å². The first-order valence-corrected chi connectivity index (χ1v) is 10.3. The van der Waals surface area contributed by atoms with E-state index in [1.807, 2.05) is 42.3 Å². The standard InChI is InChI=1S/C23H28N4O2/c1-5-29-20-7-6-18-10-11-26(14-19(18)13-20)23(28)9-8-21-16(3)24-22-12-15(2)25-27(22)17(21)4/h6-7,12-13H,5,8-11,14H2,1-4H3. The summed E-state index contributed by atoms with van der Waals surface area (Å²) in [5.74, 6) is 1.06. The lowest BCUT2D eigenvalue weighted by atomic mass is 9.98. The van der Waals surface area contributed by atoms with Gasteiger partial charge in [-0.2, -0.15) is 5.10 Å². The summed E-state index contributed by atoms with van der Waals surface area (Å²) in [4.78, 5) is 19.6. The number of rotatable bonds is 5. The Bertz CT molecular complexity index is 1070. The van der Waals surface area contributed by atoms with Crippen LogP contribution in [0.2, 0.25) is 0 Å². The molecule has 0 fully saturated rings. The molecule has 6 nitrogen and oxygen atoms in total. The Hall–Kier alpha value is -2.89. The van der Waals surface area contributed by atoms with E-state index in [9.17, 15) is 4.79 Å². The number of hydrogen-bond acceptors (Lipinski definition) is 4. The number of amides is 1. The van der Waals surface area contributed by atoms with Gasteiger partial charge in [-0.1, -0.05) is 6.07 Å².